The zero-order valence-electron chi connectivity index (χ0n) is 15.4. The van der Waals surface area contributed by atoms with Crippen LogP contribution in [0.1, 0.15) is 29.3 Å². The van der Waals surface area contributed by atoms with Crippen molar-refractivity contribution in [2.24, 2.45) is 0 Å². The average Bonchev–Trinajstić information content (AvgIpc) is 2.78. The van der Waals surface area contributed by atoms with Crippen molar-refractivity contribution in [2.45, 2.75) is 26.7 Å². The number of hydrogen-bond acceptors (Lipinski definition) is 1. The molecule has 25 heavy (non-hydrogen) atoms. The van der Waals surface area contributed by atoms with Gasteiger partial charge in [0.15, 0.2) is 0 Å². The summed E-state index contributed by atoms with van der Waals surface area (Å²) in [6.45, 7) is 6.60. The van der Waals surface area contributed by atoms with E-state index in [4.69, 9.17) is 0 Å². The van der Waals surface area contributed by atoms with Gasteiger partial charge in [-0.3, -0.25) is 0 Å². The fourth-order valence-electron chi connectivity index (χ4n) is 4.08. The molecule has 2 heterocycles. The van der Waals surface area contributed by atoms with Crippen LogP contribution in [-0.4, -0.2) is 29.6 Å². The normalized spacial score (nSPS) is 16.0. The summed E-state index contributed by atoms with van der Waals surface area (Å²) < 4.78 is 2.51. The lowest BCUT2D eigenvalue weighted by atomic mass is 10.1. The minimum Gasteiger partial charge on any atom is -0.313 e. The van der Waals surface area contributed by atoms with Gasteiger partial charge in [-0.1, -0.05) is 48.0 Å². The lowest BCUT2D eigenvalue weighted by Gasteiger charge is -2.17. The molecule has 0 N–H and O–H groups in total. The predicted molar refractivity (Wildman–Crippen MR) is 107 cm³/mol. The number of fused-ring (bicyclic) bond motifs is 3. The van der Waals surface area contributed by atoms with Gasteiger partial charge in [0.05, 0.1) is 5.52 Å². The summed E-state index contributed by atoms with van der Waals surface area (Å²) in [6, 6.07) is 17.7. The Morgan fingerprint density at radius 1 is 1.00 bits per heavy atom. The maximum Gasteiger partial charge on any atom is 0.0534 e. The van der Waals surface area contributed by atoms with E-state index in [1.54, 1.807) is 5.56 Å². The van der Waals surface area contributed by atoms with E-state index >= 15 is 0 Å². The SMILES string of the molecule is CC=C(c1ccccc1)n1c2c(c3cc(C)ccc31)CCN(C)CC2. The monoisotopic (exact) mass is 330 g/mol. The molecule has 1 aliphatic rings. The molecule has 0 amide bonds. The number of aromatic nitrogens is 1. The minimum absolute atomic E-state index is 1.10. The molecule has 0 saturated heterocycles. The third-order valence-corrected chi connectivity index (χ3v) is 5.39. The minimum atomic E-state index is 1.10. The van der Waals surface area contributed by atoms with Crippen molar-refractivity contribution >= 4 is 16.6 Å². The largest absolute Gasteiger partial charge is 0.313 e. The first kappa shape index (κ1) is 16.2. The molecular weight excluding hydrogens is 304 g/mol. The second-order valence-electron chi connectivity index (χ2n) is 7.12. The Bertz CT molecular complexity index is 932. The fraction of sp³-hybridized carbons (Fsp3) is 0.304. The maximum absolute atomic E-state index is 2.51. The summed E-state index contributed by atoms with van der Waals surface area (Å²) in [6.07, 6.45) is 4.48. The van der Waals surface area contributed by atoms with Crippen LogP contribution in [0.2, 0.25) is 0 Å². The lowest BCUT2D eigenvalue weighted by Crippen LogP contribution is -2.21. The highest BCUT2D eigenvalue weighted by Crippen LogP contribution is 2.34. The number of rotatable bonds is 2. The number of hydrogen-bond donors (Lipinski definition) is 0. The van der Waals surface area contributed by atoms with Gasteiger partial charge in [0.25, 0.3) is 0 Å². The Morgan fingerprint density at radius 2 is 1.76 bits per heavy atom. The topological polar surface area (TPSA) is 8.17 Å². The summed E-state index contributed by atoms with van der Waals surface area (Å²) in [5.41, 5.74) is 8.28. The molecule has 2 aromatic carbocycles. The van der Waals surface area contributed by atoms with E-state index in [1.807, 2.05) is 0 Å². The second-order valence-corrected chi connectivity index (χ2v) is 7.12. The van der Waals surface area contributed by atoms with Crippen LogP contribution in [0, 0.1) is 6.92 Å². The lowest BCUT2D eigenvalue weighted by molar-refractivity contribution is 0.351. The number of nitrogens with zero attached hydrogens (tertiary/aromatic N) is 2. The van der Waals surface area contributed by atoms with Crippen molar-refractivity contribution in [2.75, 3.05) is 20.1 Å². The summed E-state index contributed by atoms with van der Waals surface area (Å²) in [5, 5.41) is 1.43. The molecule has 0 bridgehead atoms. The molecule has 0 aliphatic carbocycles. The molecule has 1 aromatic heterocycles. The van der Waals surface area contributed by atoms with Crippen molar-refractivity contribution in [1.82, 2.24) is 9.47 Å². The number of benzene rings is 2. The van der Waals surface area contributed by atoms with E-state index < -0.39 is 0 Å². The highest BCUT2D eigenvalue weighted by molar-refractivity contribution is 5.91. The molecule has 0 radical (unpaired) electrons. The van der Waals surface area contributed by atoms with Crippen LogP contribution in [0.4, 0.5) is 0 Å². The predicted octanol–water partition coefficient (Wildman–Crippen LogP) is 4.89. The van der Waals surface area contributed by atoms with Gasteiger partial charge in [-0.2, -0.15) is 0 Å². The molecular formula is C23H26N2. The van der Waals surface area contributed by atoms with E-state index in [1.165, 1.54) is 33.4 Å². The Balaban J connectivity index is 2.00. The van der Waals surface area contributed by atoms with E-state index in [-0.39, 0.29) is 0 Å². The first-order valence-electron chi connectivity index (χ1n) is 9.22. The van der Waals surface area contributed by atoms with Crippen molar-refractivity contribution in [3.63, 3.8) is 0 Å². The Kier molecular flexibility index (Phi) is 4.22. The quantitative estimate of drug-likeness (QED) is 0.649. The van der Waals surface area contributed by atoms with Crippen molar-refractivity contribution in [3.8, 4) is 0 Å². The van der Waals surface area contributed by atoms with Gasteiger partial charge in [-0.25, -0.2) is 0 Å². The average molecular weight is 330 g/mol. The smallest absolute Gasteiger partial charge is 0.0534 e. The molecule has 2 heteroatoms. The van der Waals surface area contributed by atoms with Gasteiger partial charge in [0.1, 0.15) is 0 Å². The molecule has 0 spiro atoms. The number of likely N-dealkylation sites (N-methyl/N-ethyl adjacent to an activating group) is 1. The molecule has 3 aromatic rings. The molecule has 1 aliphatic heterocycles. The summed E-state index contributed by atoms with van der Waals surface area (Å²) >= 11 is 0. The molecule has 0 saturated carbocycles. The van der Waals surface area contributed by atoms with Crippen LogP contribution in [-0.2, 0) is 12.8 Å². The van der Waals surface area contributed by atoms with Gasteiger partial charge >= 0.3 is 0 Å². The van der Waals surface area contributed by atoms with Crippen LogP contribution in [0.3, 0.4) is 0 Å². The van der Waals surface area contributed by atoms with Crippen LogP contribution in [0.15, 0.2) is 54.6 Å². The molecule has 0 atom stereocenters. The molecule has 2 nitrogen and oxygen atoms in total. The summed E-state index contributed by atoms with van der Waals surface area (Å²) in [4.78, 5) is 2.45. The third kappa shape index (κ3) is 2.81. The van der Waals surface area contributed by atoms with Crippen molar-refractivity contribution in [1.29, 1.82) is 0 Å². The highest BCUT2D eigenvalue weighted by atomic mass is 15.1. The Labute approximate surface area is 150 Å². The van der Waals surface area contributed by atoms with Crippen LogP contribution >= 0.6 is 0 Å². The standard InChI is InChI=1S/C23H26N2/c1-4-21(18-8-6-5-7-9-18)25-22-11-10-17(2)16-20(22)19-12-14-24(3)15-13-23(19)25/h4-11,16H,12-15H2,1-3H3. The van der Waals surface area contributed by atoms with Crippen LogP contribution < -0.4 is 0 Å². The summed E-state index contributed by atoms with van der Waals surface area (Å²) in [7, 11) is 2.23. The zero-order valence-corrected chi connectivity index (χ0v) is 15.4. The molecule has 128 valence electrons. The second kappa shape index (κ2) is 6.53. The zero-order chi connectivity index (χ0) is 17.4. The van der Waals surface area contributed by atoms with E-state index in [2.05, 4.69) is 85.0 Å². The Hall–Kier alpha value is -2.32. The van der Waals surface area contributed by atoms with Gasteiger partial charge in [-0.05, 0) is 50.6 Å². The third-order valence-electron chi connectivity index (χ3n) is 5.39. The number of allylic oxidation sites excluding steroid dienone is 1. The van der Waals surface area contributed by atoms with E-state index in [0.29, 0.717) is 0 Å². The van der Waals surface area contributed by atoms with Crippen molar-refractivity contribution < 1.29 is 0 Å². The summed E-state index contributed by atoms with van der Waals surface area (Å²) in [5.74, 6) is 0. The van der Waals surface area contributed by atoms with Gasteiger partial charge < -0.3 is 9.47 Å². The molecule has 0 unspecified atom stereocenters. The van der Waals surface area contributed by atoms with Gasteiger partial charge in [-0.15, -0.1) is 0 Å². The maximum atomic E-state index is 2.51. The van der Waals surface area contributed by atoms with E-state index in [9.17, 15) is 0 Å². The van der Waals surface area contributed by atoms with E-state index in [0.717, 1.165) is 25.9 Å². The first-order chi connectivity index (χ1) is 12.2. The molecule has 0 fully saturated rings. The van der Waals surface area contributed by atoms with Gasteiger partial charge in [0.2, 0.25) is 0 Å². The van der Waals surface area contributed by atoms with Gasteiger partial charge in [0, 0.05) is 36.3 Å². The van der Waals surface area contributed by atoms with Crippen LogP contribution in [0.5, 0.6) is 0 Å². The fourth-order valence-corrected chi connectivity index (χ4v) is 4.08. The van der Waals surface area contributed by atoms with Crippen LogP contribution in [0.25, 0.3) is 16.6 Å². The molecule has 4 rings (SSSR count). The highest BCUT2D eigenvalue weighted by Gasteiger charge is 2.22. The first-order valence-corrected chi connectivity index (χ1v) is 9.22. The Morgan fingerprint density at radius 3 is 2.52 bits per heavy atom. The van der Waals surface area contributed by atoms with Crippen molar-refractivity contribution in [3.05, 3.63) is 77.0 Å². The number of aryl methyl sites for hydroxylation is 1.